The molecule has 1 unspecified atom stereocenters. The fraction of sp³-hybridized carbons (Fsp3) is 0.400. The molecule has 0 aliphatic heterocycles. The van der Waals surface area contributed by atoms with Crippen LogP contribution in [0.2, 0.25) is 0 Å². The Hall–Kier alpha value is -1.67. The van der Waals surface area contributed by atoms with Gasteiger partial charge in [0.2, 0.25) is 0 Å². The van der Waals surface area contributed by atoms with Crippen molar-refractivity contribution < 1.29 is 22.9 Å². The highest BCUT2D eigenvalue weighted by Gasteiger charge is 2.28. The summed E-state index contributed by atoms with van der Waals surface area (Å²) >= 11 is 0. The molecule has 5 nitrogen and oxygen atoms in total. The Kier molecular flexibility index (Phi) is 4.62. The highest BCUT2D eigenvalue weighted by Crippen LogP contribution is 2.18. The number of non-ortho nitro benzene ring substituents is 1. The van der Waals surface area contributed by atoms with Gasteiger partial charge in [-0.25, -0.2) is 0 Å². The molecular weight excluding hydrogens is 253 g/mol. The molecule has 0 amide bonds. The number of nitrogens with one attached hydrogen (secondary N) is 1. The fourth-order valence-corrected chi connectivity index (χ4v) is 1.20. The van der Waals surface area contributed by atoms with Gasteiger partial charge < -0.3 is 0 Å². The van der Waals surface area contributed by atoms with E-state index in [0.717, 1.165) is 0 Å². The first-order valence-corrected chi connectivity index (χ1v) is 4.98. The number of nitrogens with zero attached hydrogens (tertiary/aromatic N) is 1. The molecule has 0 saturated carbocycles. The first-order chi connectivity index (χ1) is 8.29. The normalized spacial score (nSPS) is 13.3. The van der Waals surface area contributed by atoms with Crippen LogP contribution in [0.1, 0.15) is 18.5 Å². The van der Waals surface area contributed by atoms with Crippen LogP contribution in [-0.4, -0.2) is 17.7 Å². The van der Waals surface area contributed by atoms with Gasteiger partial charge in [0.15, 0.2) is 6.61 Å². The Morgan fingerprint density at radius 3 is 2.39 bits per heavy atom. The number of hydrogen-bond acceptors (Lipinski definition) is 4. The Morgan fingerprint density at radius 2 is 1.94 bits per heavy atom. The molecule has 0 bridgehead atoms. The molecule has 1 aromatic rings. The molecule has 0 saturated heterocycles. The number of halogens is 3. The topological polar surface area (TPSA) is 64.4 Å². The standard InChI is InChI=1S/C10H11F3N2O3/c1-7(14-18-6-10(11,12)13)8-2-4-9(5-3-8)15(16)17/h2-5,7,14H,6H2,1H3. The zero-order valence-corrected chi connectivity index (χ0v) is 9.40. The van der Waals surface area contributed by atoms with Gasteiger partial charge in [0, 0.05) is 12.1 Å². The number of nitro groups is 1. The van der Waals surface area contributed by atoms with Crippen molar-refractivity contribution in [1.82, 2.24) is 5.48 Å². The van der Waals surface area contributed by atoms with Crippen molar-refractivity contribution in [2.75, 3.05) is 6.61 Å². The zero-order valence-electron chi connectivity index (χ0n) is 9.40. The minimum absolute atomic E-state index is 0.0813. The molecule has 0 aliphatic rings. The number of nitro benzene ring substituents is 1. The summed E-state index contributed by atoms with van der Waals surface area (Å²) in [5, 5.41) is 10.4. The Bertz CT molecular complexity index is 406. The maximum absolute atomic E-state index is 11.8. The third kappa shape index (κ3) is 4.68. The molecule has 1 aromatic carbocycles. The molecule has 0 fully saturated rings. The van der Waals surface area contributed by atoms with Crippen LogP contribution in [-0.2, 0) is 4.84 Å². The van der Waals surface area contributed by atoms with Gasteiger partial charge in [-0.15, -0.1) is 0 Å². The first-order valence-electron chi connectivity index (χ1n) is 4.98. The second-order valence-corrected chi connectivity index (χ2v) is 3.59. The summed E-state index contributed by atoms with van der Waals surface area (Å²) in [6, 6.07) is 4.95. The molecule has 0 aromatic heterocycles. The van der Waals surface area contributed by atoms with Crippen molar-refractivity contribution in [3.63, 3.8) is 0 Å². The summed E-state index contributed by atoms with van der Waals surface area (Å²) in [5.74, 6) is 0. The lowest BCUT2D eigenvalue weighted by Crippen LogP contribution is -2.26. The molecule has 100 valence electrons. The Balaban J connectivity index is 2.51. The van der Waals surface area contributed by atoms with E-state index in [9.17, 15) is 23.3 Å². The summed E-state index contributed by atoms with van der Waals surface area (Å²) in [4.78, 5) is 14.1. The highest BCUT2D eigenvalue weighted by atomic mass is 19.4. The van der Waals surface area contributed by atoms with Gasteiger partial charge in [0.05, 0.1) is 11.0 Å². The van der Waals surface area contributed by atoms with Gasteiger partial charge >= 0.3 is 6.18 Å². The van der Waals surface area contributed by atoms with E-state index >= 15 is 0 Å². The Morgan fingerprint density at radius 1 is 1.39 bits per heavy atom. The molecular formula is C10H11F3N2O3. The van der Waals surface area contributed by atoms with Crippen LogP contribution in [0.15, 0.2) is 24.3 Å². The molecule has 18 heavy (non-hydrogen) atoms. The van der Waals surface area contributed by atoms with Crippen molar-refractivity contribution in [2.45, 2.75) is 19.1 Å². The van der Waals surface area contributed by atoms with Crippen LogP contribution in [0.3, 0.4) is 0 Å². The maximum Gasteiger partial charge on any atom is 0.413 e. The first kappa shape index (κ1) is 14.4. The average molecular weight is 264 g/mol. The summed E-state index contributed by atoms with van der Waals surface area (Å²) < 4.78 is 35.4. The number of hydroxylamine groups is 1. The molecule has 8 heteroatoms. The van der Waals surface area contributed by atoms with Gasteiger partial charge in [-0.3, -0.25) is 15.0 Å². The number of benzene rings is 1. The molecule has 0 radical (unpaired) electrons. The molecule has 0 aliphatic carbocycles. The zero-order chi connectivity index (χ0) is 13.8. The summed E-state index contributed by atoms with van der Waals surface area (Å²) in [7, 11) is 0. The maximum atomic E-state index is 11.8. The van der Waals surface area contributed by atoms with Crippen LogP contribution in [0.25, 0.3) is 0 Å². The minimum atomic E-state index is -4.40. The van der Waals surface area contributed by atoms with Gasteiger partial charge in [-0.05, 0) is 12.5 Å². The van der Waals surface area contributed by atoms with Crippen LogP contribution in [0.4, 0.5) is 18.9 Å². The van der Waals surface area contributed by atoms with Crippen LogP contribution < -0.4 is 5.48 Å². The van der Waals surface area contributed by atoms with Gasteiger partial charge in [0.25, 0.3) is 5.69 Å². The third-order valence-corrected chi connectivity index (χ3v) is 2.10. The monoisotopic (exact) mass is 264 g/mol. The smallest absolute Gasteiger partial charge is 0.292 e. The lowest BCUT2D eigenvalue weighted by atomic mass is 10.1. The minimum Gasteiger partial charge on any atom is -0.292 e. The molecule has 1 rings (SSSR count). The number of rotatable bonds is 5. The largest absolute Gasteiger partial charge is 0.413 e. The highest BCUT2D eigenvalue weighted by molar-refractivity contribution is 5.33. The van der Waals surface area contributed by atoms with Crippen molar-refractivity contribution in [2.24, 2.45) is 0 Å². The van der Waals surface area contributed by atoms with Gasteiger partial charge in [-0.2, -0.15) is 18.7 Å². The lowest BCUT2D eigenvalue weighted by Gasteiger charge is -2.14. The van der Waals surface area contributed by atoms with E-state index in [2.05, 4.69) is 10.3 Å². The van der Waals surface area contributed by atoms with Crippen molar-refractivity contribution in [3.8, 4) is 0 Å². The van der Waals surface area contributed by atoms with Crippen LogP contribution >= 0.6 is 0 Å². The lowest BCUT2D eigenvalue weighted by molar-refractivity contribution is -0.384. The second kappa shape index (κ2) is 5.78. The van der Waals surface area contributed by atoms with E-state index < -0.39 is 23.7 Å². The third-order valence-electron chi connectivity index (χ3n) is 2.10. The van der Waals surface area contributed by atoms with Crippen molar-refractivity contribution in [1.29, 1.82) is 0 Å². The van der Waals surface area contributed by atoms with Crippen LogP contribution in [0.5, 0.6) is 0 Å². The average Bonchev–Trinajstić information content (AvgIpc) is 2.27. The second-order valence-electron chi connectivity index (χ2n) is 3.59. The molecule has 1 N–H and O–H groups in total. The van der Waals surface area contributed by atoms with E-state index in [1.807, 2.05) is 0 Å². The quantitative estimate of drug-likeness (QED) is 0.656. The van der Waals surface area contributed by atoms with Crippen molar-refractivity contribution >= 4 is 5.69 Å². The van der Waals surface area contributed by atoms with Crippen LogP contribution in [0, 0.1) is 10.1 Å². The number of hydrogen-bond donors (Lipinski definition) is 1. The van der Waals surface area contributed by atoms with Gasteiger partial charge in [0.1, 0.15) is 0 Å². The SMILES string of the molecule is CC(NOCC(F)(F)F)c1ccc([N+](=O)[O-])cc1. The number of alkyl halides is 3. The van der Waals surface area contributed by atoms with Crippen molar-refractivity contribution in [3.05, 3.63) is 39.9 Å². The Labute approximate surface area is 101 Å². The van der Waals surface area contributed by atoms with E-state index in [0.29, 0.717) is 5.56 Å². The molecule has 0 spiro atoms. The molecule has 0 heterocycles. The summed E-state index contributed by atoms with van der Waals surface area (Å²) in [5.41, 5.74) is 2.72. The summed E-state index contributed by atoms with van der Waals surface area (Å²) in [6.45, 7) is 0.182. The molecule has 1 atom stereocenters. The van der Waals surface area contributed by atoms with E-state index in [1.54, 1.807) is 6.92 Å². The van der Waals surface area contributed by atoms with E-state index in [-0.39, 0.29) is 5.69 Å². The summed E-state index contributed by atoms with van der Waals surface area (Å²) in [6.07, 6.45) is -4.40. The predicted molar refractivity (Wildman–Crippen MR) is 56.7 cm³/mol. The predicted octanol–water partition coefficient (Wildman–Crippen LogP) is 2.74. The van der Waals surface area contributed by atoms with Gasteiger partial charge in [-0.1, -0.05) is 12.1 Å². The van der Waals surface area contributed by atoms with E-state index in [4.69, 9.17) is 0 Å². The fourth-order valence-electron chi connectivity index (χ4n) is 1.20. The van der Waals surface area contributed by atoms with E-state index in [1.165, 1.54) is 24.3 Å².